The van der Waals surface area contributed by atoms with Crippen molar-refractivity contribution in [3.05, 3.63) is 24.0 Å². The molecule has 1 aliphatic heterocycles. The van der Waals surface area contributed by atoms with Crippen molar-refractivity contribution in [2.75, 3.05) is 25.4 Å². The number of nitrogen functional groups attached to an aromatic ring is 1. The number of pyridine rings is 1. The van der Waals surface area contributed by atoms with E-state index >= 15 is 0 Å². The third-order valence-corrected chi connectivity index (χ3v) is 2.87. The Morgan fingerprint density at radius 1 is 1.58 bits per heavy atom. The summed E-state index contributed by atoms with van der Waals surface area (Å²) in [5.74, 6) is -1.24. The Hall–Kier alpha value is -2.15. The summed E-state index contributed by atoms with van der Waals surface area (Å²) in [6.07, 6.45) is 0.889. The van der Waals surface area contributed by atoms with Gasteiger partial charge >= 0.3 is 5.97 Å². The second kappa shape index (κ2) is 5.66. The van der Waals surface area contributed by atoms with Crippen molar-refractivity contribution < 1.29 is 19.4 Å². The molecule has 19 heavy (non-hydrogen) atoms. The average molecular weight is 265 g/mol. The average Bonchev–Trinajstić information content (AvgIpc) is 2.38. The van der Waals surface area contributed by atoms with Gasteiger partial charge in [0.25, 0.3) is 5.91 Å². The fourth-order valence-electron chi connectivity index (χ4n) is 1.97. The highest BCUT2D eigenvalue weighted by Crippen LogP contribution is 2.15. The number of ether oxygens (including phenoxy) is 1. The zero-order valence-electron chi connectivity index (χ0n) is 10.3. The molecule has 0 radical (unpaired) electrons. The molecule has 1 atom stereocenters. The first-order chi connectivity index (χ1) is 9.08. The molecule has 1 aromatic heterocycles. The molecule has 102 valence electrons. The molecule has 1 aliphatic rings. The number of nitrogens with two attached hydrogens (primary N) is 1. The van der Waals surface area contributed by atoms with Gasteiger partial charge in [0, 0.05) is 19.3 Å². The van der Waals surface area contributed by atoms with Crippen LogP contribution < -0.4 is 5.73 Å². The zero-order valence-corrected chi connectivity index (χ0v) is 10.3. The summed E-state index contributed by atoms with van der Waals surface area (Å²) < 4.78 is 5.31. The molecule has 7 heteroatoms. The van der Waals surface area contributed by atoms with E-state index in [0.717, 1.165) is 0 Å². The number of aliphatic carboxylic acids is 1. The van der Waals surface area contributed by atoms with Crippen LogP contribution in [0.15, 0.2) is 18.3 Å². The summed E-state index contributed by atoms with van der Waals surface area (Å²) in [6.45, 7) is 0.961. The van der Waals surface area contributed by atoms with Gasteiger partial charge in [0.1, 0.15) is 0 Å². The van der Waals surface area contributed by atoms with Gasteiger partial charge in [-0.1, -0.05) is 0 Å². The lowest BCUT2D eigenvalue weighted by Gasteiger charge is -2.32. The summed E-state index contributed by atoms with van der Waals surface area (Å²) in [5.41, 5.74) is 6.21. The number of rotatable bonds is 3. The van der Waals surface area contributed by atoms with Gasteiger partial charge in [-0.05, 0) is 12.1 Å². The Labute approximate surface area is 110 Å². The highest BCUT2D eigenvalue weighted by molar-refractivity contribution is 5.97. The van der Waals surface area contributed by atoms with E-state index in [2.05, 4.69) is 4.98 Å². The number of carboxylic acid groups (broad SMARTS) is 1. The molecule has 7 nitrogen and oxygen atoms in total. The van der Waals surface area contributed by atoms with E-state index in [-0.39, 0.29) is 24.6 Å². The number of anilines is 1. The van der Waals surface area contributed by atoms with Gasteiger partial charge in [-0.2, -0.15) is 0 Å². The minimum absolute atomic E-state index is 0.124. The molecule has 0 aromatic carbocycles. The van der Waals surface area contributed by atoms with E-state index in [1.54, 1.807) is 12.1 Å². The van der Waals surface area contributed by atoms with Crippen LogP contribution in [0.25, 0.3) is 0 Å². The zero-order chi connectivity index (χ0) is 13.8. The van der Waals surface area contributed by atoms with Crippen LogP contribution in [0.1, 0.15) is 16.9 Å². The summed E-state index contributed by atoms with van der Waals surface area (Å²) >= 11 is 0. The molecule has 1 aromatic rings. The third-order valence-electron chi connectivity index (χ3n) is 2.87. The molecule has 3 N–H and O–H groups in total. The monoisotopic (exact) mass is 265 g/mol. The maximum absolute atomic E-state index is 12.2. The topological polar surface area (TPSA) is 106 Å². The van der Waals surface area contributed by atoms with Crippen LogP contribution in [-0.2, 0) is 9.53 Å². The van der Waals surface area contributed by atoms with Crippen LogP contribution in [0.3, 0.4) is 0 Å². The van der Waals surface area contributed by atoms with Crippen molar-refractivity contribution >= 4 is 17.6 Å². The van der Waals surface area contributed by atoms with Gasteiger partial charge in [-0.15, -0.1) is 0 Å². The molecular weight excluding hydrogens is 250 g/mol. The number of aromatic nitrogens is 1. The first kappa shape index (κ1) is 13.3. The summed E-state index contributed by atoms with van der Waals surface area (Å²) in [4.78, 5) is 28.4. The Morgan fingerprint density at radius 3 is 3.05 bits per heavy atom. The lowest BCUT2D eigenvalue weighted by Crippen LogP contribution is -2.46. The fourth-order valence-corrected chi connectivity index (χ4v) is 1.97. The highest BCUT2D eigenvalue weighted by Gasteiger charge is 2.27. The van der Waals surface area contributed by atoms with Crippen LogP contribution in [0.4, 0.5) is 5.69 Å². The third kappa shape index (κ3) is 3.19. The number of hydrogen-bond acceptors (Lipinski definition) is 5. The maximum Gasteiger partial charge on any atom is 0.306 e. The Morgan fingerprint density at radius 2 is 2.37 bits per heavy atom. The van der Waals surface area contributed by atoms with Gasteiger partial charge in [0.05, 0.1) is 24.8 Å². The molecule has 2 heterocycles. The van der Waals surface area contributed by atoms with Crippen molar-refractivity contribution in [3.63, 3.8) is 0 Å². The van der Waals surface area contributed by atoms with Crippen LogP contribution in [0.2, 0.25) is 0 Å². The van der Waals surface area contributed by atoms with E-state index in [1.165, 1.54) is 11.1 Å². The number of morpholine rings is 1. The SMILES string of the molecule is Nc1cccnc1C(=O)N1CCOC(CC(=O)O)C1. The lowest BCUT2D eigenvalue weighted by molar-refractivity contribution is -0.141. The first-order valence-electron chi connectivity index (χ1n) is 5.91. The van der Waals surface area contributed by atoms with E-state index < -0.39 is 12.1 Å². The largest absolute Gasteiger partial charge is 0.481 e. The van der Waals surface area contributed by atoms with Crippen molar-refractivity contribution in [1.29, 1.82) is 0 Å². The van der Waals surface area contributed by atoms with E-state index in [9.17, 15) is 9.59 Å². The van der Waals surface area contributed by atoms with Crippen LogP contribution in [-0.4, -0.2) is 52.7 Å². The molecule has 0 spiro atoms. The first-order valence-corrected chi connectivity index (χ1v) is 5.91. The van der Waals surface area contributed by atoms with Gasteiger partial charge in [-0.3, -0.25) is 9.59 Å². The van der Waals surface area contributed by atoms with Gasteiger partial charge in [-0.25, -0.2) is 4.98 Å². The van der Waals surface area contributed by atoms with Crippen molar-refractivity contribution in [3.8, 4) is 0 Å². The van der Waals surface area contributed by atoms with E-state index in [0.29, 0.717) is 18.8 Å². The second-order valence-electron chi connectivity index (χ2n) is 4.28. The number of amides is 1. The molecule has 2 rings (SSSR count). The number of carbonyl (C=O) groups excluding carboxylic acids is 1. The molecule has 0 bridgehead atoms. The van der Waals surface area contributed by atoms with E-state index in [4.69, 9.17) is 15.6 Å². The minimum Gasteiger partial charge on any atom is -0.481 e. The van der Waals surface area contributed by atoms with Gasteiger partial charge in [0.15, 0.2) is 5.69 Å². The predicted molar refractivity (Wildman–Crippen MR) is 66.5 cm³/mol. The van der Waals surface area contributed by atoms with Gasteiger partial charge in [0.2, 0.25) is 0 Å². The molecule has 1 unspecified atom stereocenters. The summed E-state index contributed by atoms with van der Waals surface area (Å²) in [6, 6.07) is 3.26. The predicted octanol–water partition coefficient (Wildman–Crippen LogP) is -0.0205. The normalized spacial score (nSPS) is 19.2. The molecule has 1 fully saturated rings. The van der Waals surface area contributed by atoms with Crippen molar-refractivity contribution in [2.24, 2.45) is 0 Å². The smallest absolute Gasteiger partial charge is 0.306 e. The lowest BCUT2D eigenvalue weighted by atomic mass is 10.2. The number of carbonyl (C=O) groups is 2. The fraction of sp³-hybridized carbons (Fsp3) is 0.417. The molecule has 0 aliphatic carbocycles. The van der Waals surface area contributed by atoms with Crippen LogP contribution in [0.5, 0.6) is 0 Å². The number of nitrogens with zero attached hydrogens (tertiary/aromatic N) is 2. The minimum atomic E-state index is -0.948. The Balaban J connectivity index is 2.07. The van der Waals surface area contributed by atoms with E-state index in [1.807, 2.05) is 0 Å². The highest BCUT2D eigenvalue weighted by atomic mass is 16.5. The molecule has 0 saturated carbocycles. The van der Waals surface area contributed by atoms with Crippen molar-refractivity contribution in [1.82, 2.24) is 9.88 Å². The number of carboxylic acids is 1. The van der Waals surface area contributed by atoms with Crippen LogP contribution in [0, 0.1) is 0 Å². The standard InChI is InChI=1S/C12H15N3O4/c13-9-2-1-3-14-11(9)12(18)15-4-5-19-8(7-15)6-10(16)17/h1-3,8H,4-7,13H2,(H,16,17). The summed E-state index contributed by atoms with van der Waals surface area (Å²) in [7, 11) is 0. The molecule has 1 amide bonds. The quantitative estimate of drug-likeness (QED) is 0.795. The summed E-state index contributed by atoms with van der Waals surface area (Å²) in [5, 5.41) is 8.74. The number of hydrogen-bond donors (Lipinski definition) is 2. The molecule has 1 saturated heterocycles. The molecular formula is C12H15N3O4. The Kier molecular flexibility index (Phi) is 3.96. The van der Waals surface area contributed by atoms with Crippen molar-refractivity contribution in [2.45, 2.75) is 12.5 Å². The van der Waals surface area contributed by atoms with Crippen LogP contribution >= 0.6 is 0 Å². The van der Waals surface area contributed by atoms with Gasteiger partial charge < -0.3 is 20.5 Å². The maximum atomic E-state index is 12.2. The second-order valence-corrected chi connectivity index (χ2v) is 4.28. The Bertz CT molecular complexity index is 492.